The number of carbonyl (C=O) groups excluding carboxylic acids is 1. The molecule has 4 aromatic rings. The number of nitrogens with zero attached hydrogens (tertiary/aromatic N) is 5. The molecule has 0 saturated heterocycles. The lowest BCUT2D eigenvalue weighted by Gasteiger charge is -2.11. The van der Waals surface area contributed by atoms with Gasteiger partial charge >= 0.3 is 0 Å². The second-order valence-corrected chi connectivity index (χ2v) is 6.97. The van der Waals surface area contributed by atoms with Crippen LogP contribution in [0.25, 0.3) is 22.6 Å². The highest BCUT2D eigenvalue weighted by atomic mass is 16.1. The van der Waals surface area contributed by atoms with E-state index in [2.05, 4.69) is 29.1 Å². The first kappa shape index (κ1) is 18.5. The maximum absolute atomic E-state index is 11.3. The van der Waals surface area contributed by atoms with Crippen LogP contribution >= 0.6 is 0 Å². The van der Waals surface area contributed by atoms with Crippen LogP contribution in [0.1, 0.15) is 35.8 Å². The van der Waals surface area contributed by atoms with E-state index in [1.165, 1.54) is 0 Å². The summed E-state index contributed by atoms with van der Waals surface area (Å²) >= 11 is 0. The van der Waals surface area contributed by atoms with Gasteiger partial charge in [0.05, 0.1) is 6.33 Å². The number of aromatic nitrogens is 5. The normalized spacial score (nSPS) is 11.1. The molecule has 146 valence electrons. The molecular formula is C21H21N7O. The predicted octanol–water partition coefficient (Wildman–Crippen LogP) is 3.18. The lowest BCUT2D eigenvalue weighted by molar-refractivity contribution is 0.100. The minimum Gasteiger partial charge on any atom is -0.366 e. The summed E-state index contributed by atoms with van der Waals surface area (Å²) in [5, 5.41) is 3.35. The minimum atomic E-state index is -0.468. The summed E-state index contributed by atoms with van der Waals surface area (Å²) in [5.74, 6) is 0.724. The summed E-state index contributed by atoms with van der Waals surface area (Å²) in [6, 6.07) is 11.0. The highest BCUT2D eigenvalue weighted by Crippen LogP contribution is 2.26. The number of nitrogens with one attached hydrogen (secondary N) is 1. The van der Waals surface area contributed by atoms with Gasteiger partial charge in [0.2, 0.25) is 5.91 Å². The van der Waals surface area contributed by atoms with Gasteiger partial charge in [0.25, 0.3) is 0 Å². The van der Waals surface area contributed by atoms with Crippen LogP contribution in [0.4, 0.5) is 5.82 Å². The maximum atomic E-state index is 11.3. The summed E-state index contributed by atoms with van der Waals surface area (Å²) < 4.78 is 2.01. The van der Waals surface area contributed by atoms with Gasteiger partial charge in [-0.3, -0.25) is 9.78 Å². The largest absolute Gasteiger partial charge is 0.366 e. The smallest absolute Gasteiger partial charge is 0.248 e. The van der Waals surface area contributed by atoms with Gasteiger partial charge in [-0.25, -0.2) is 15.0 Å². The Kier molecular flexibility index (Phi) is 4.90. The quantitative estimate of drug-likeness (QED) is 0.525. The van der Waals surface area contributed by atoms with Crippen LogP contribution < -0.4 is 11.1 Å². The molecule has 0 fully saturated rings. The summed E-state index contributed by atoms with van der Waals surface area (Å²) in [6.07, 6.45) is 5.32. The molecule has 29 heavy (non-hydrogen) atoms. The van der Waals surface area contributed by atoms with E-state index < -0.39 is 5.91 Å². The number of hydrogen-bond donors (Lipinski definition) is 2. The van der Waals surface area contributed by atoms with Gasteiger partial charge in [-0.2, -0.15) is 0 Å². The maximum Gasteiger partial charge on any atom is 0.248 e. The molecule has 0 radical (unpaired) electrons. The number of benzene rings is 1. The molecule has 8 nitrogen and oxygen atoms in total. The van der Waals surface area contributed by atoms with Crippen molar-refractivity contribution in [3.05, 3.63) is 66.2 Å². The van der Waals surface area contributed by atoms with Crippen molar-refractivity contribution < 1.29 is 4.79 Å². The van der Waals surface area contributed by atoms with Crippen LogP contribution in [0.15, 0.2) is 55.1 Å². The number of nitrogens with two attached hydrogens (primary N) is 1. The molecule has 4 rings (SSSR count). The van der Waals surface area contributed by atoms with Crippen molar-refractivity contribution >= 4 is 22.9 Å². The molecule has 0 saturated carbocycles. The minimum absolute atomic E-state index is 0.200. The summed E-state index contributed by atoms with van der Waals surface area (Å²) in [5.41, 5.74) is 9.06. The van der Waals surface area contributed by atoms with E-state index in [-0.39, 0.29) is 6.04 Å². The van der Waals surface area contributed by atoms with Gasteiger partial charge in [0, 0.05) is 36.1 Å². The fraction of sp³-hybridized carbons (Fsp3) is 0.190. The summed E-state index contributed by atoms with van der Waals surface area (Å²) in [7, 11) is 0. The number of pyridine rings is 1. The van der Waals surface area contributed by atoms with Crippen LogP contribution in [-0.4, -0.2) is 30.4 Å². The number of amides is 1. The van der Waals surface area contributed by atoms with Crippen LogP contribution in [0, 0.1) is 0 Å². The number of primary amides is 1. The molecule has 8 heteroatoms. The van der Waals surface area contributed by atoms with Gasteiger partial charge in [0.1, 0.15) is 5.52 Å². The van der Waals surface area contributed by atoms with E-state index in [1.54, 1.807) is 36.8 Å². The van der Waals surface area contributed by atoms with Crippen molar-refractivity contribution in [2.24, 2.45) is 5.73 Å². The highest BCUT2D eigenvalue weighted by Gasteiger charge is 2.16. The van der Waals surface area contributed by atoms with Crippen molar-refractivity contribution in [3.63, 3.8) is 0 Å². The van der Waals surface area contributed by atoms with E-state index in [9.17, 15) is 4.79 Å². The number of hydrogen-bond acceptors (Lipinski definition) is 6. The Morgan fingerprint density at radius 2 is 1.97 bits per heavy atom. The Bertz CT molecular complexity index is 1150. The van der Waals surface area contributed by atoms with Crippen molar-refractivity contribution in [1.29, 1.82) is 0 Å². The van der Waals surface area contributed by atoms with Crippen LogP contribution in [0.5, 0.6) is 0 Å². The van der Waals surface area contributed by atoms with Gasteiger partial charge in [0.15, 0.2) is 17.3 Å². The molecule has 0 spiro atoms. The third-order valence-electron chi connectivity index (χ3n) is 4.59. The van der Waals surface area contributed by atoms with E-state index >= 15 is 0 Å². The number of fused-ring (bicyclic) bond motifs is 1. The van der Waals surface area contributed by atoms with E-state index in [0.29, 0.717) is 29.3 Å². The zero-order valence-electron chi connectivity index (χ0n) is 16.2. The molecule has 1 aromatic carbocycles. The topological polar surface area (TPSA) is 112 Å². The third kappa shape index (κ3) is 3.77. The Labute approximate surface area is 167 Å². The zero-order valence-corrected chi connectivity index (χ0v) is 16.2. The Hall–Kier alpha value is -3.81. The Morgan fingerprint density at radius 1 is 1.17 bits per heavy atom. The molecular weight excluding hydrogens is 366 g/mol. The van der Waals surface area contributed by atoms with Gasteiger partial charge in [-0.1, -0.05) is 18.2 Å². The van der Waals surface area contributed by atoms with Crippen LogP contribution in [-0.2, 0) is 6.54 Å². The molecule has 0 unspecified atom stereocenters. The summed E-state index contributed by atoms with van der Waals surface area (Å²) in [4.78, 5) is 29.4. The lowest BCUT2D eigenvalue weighted by atomic mass is 10.1. The van der Waals surface area contributed by atoms with Crippen LogP contribution in [0.3, 0.4) is 0 Å². The fourth-order valence-corrected chi connectivity index (χ4v) is 3.02. The van der Waals surface area contributed by atoms with Crippen LogP contribution in [0.2, 0.25) is 0 Å². The molecule has 3 aromatic heterocycles. The van der Waals surface area contributed by atoms with Crippen molar-refractivity contribution in [1.82, 2.24) is 24.5 Å². The highest BCUT2D eigenvalue weighted by molar-refractivity contribution is 5.93. The second kappa shape index (κ2) is 7.67. The van der Waals surface area contributed by atoms with Gasteiger partial charge in [-0.15, -0.1) is 0 Å². The third-order valence-corrected chi connectivity index (χ3v) is 4.59. The molecule has 0 bridgehead atoms. The monoisotopic (exact) mass is 387 g/mol. The number of imidazole rings is 1. The first-order valence-corrected chi connectivity index (χ1v) is 9.30. The molecule has 3 heterocycles. The average Bonchev–Trinajstić information content (AvgIpc) is 3.17. The van der Waals surface area contributed by atoms with E-state index in [1.807, 2.05) is 22.9 Å². The molecule has 3 N–H and O–H groups in total. The lowest BCUT2D eigenvalue weighted by Crippen LogP contribution is -2.10. The number of rotatable bonds is 6. The van der Waals surface area contributed by atoms with Crippen molar-refractivity contribution in [3.8, 4) is 11.4 Å². The first-order chi connectivity index (χ1) is 14.0. The zero-order chi connectivity index (χ0) is 20.4. The fourth-order valence-electron chi connectivity index (χ4n) is 3.02. The van der Waals surface area contributed by atoms with Crippen molar-refractivity contribution in [2.75, 3.05) is 5.32 Å². The second-order valence-electron chi connectivity index (χ2n) is 6.97. The molecule has 0 atom stereocenters. The Balaban J connectivity index is 1.77. The standard InChI is InChI=1S/C21H21N7O/c1-13(2)28-12-25-17-20(24-11-14-4-3-9-23-10-14)26-19(27-21(17)28)16-7-5-15(6-8-16)18(22)29/h3-10,12-13H,11H2,1-2H3,(H2,22,29)(H,24,26,27). The summed E-state index contributed by atoms with van der Waals surface area (Å²) in [6.45, 7) is 4.72. The molecule has 0 aliphatic rings. The molecule has 0 aliphatic carbocycles. The molecule has 1 amide bonds. The SMILES string of the molecule is CC(C)n1cnc2c(NCc3cccnc3)nc(-c3ccc(C(N)=O)cc3)nc21. The van der Waals surface area contributed by atoms with E-state index in [0.717, 1.165) is 16.8 Å². The van der Waals surface area contributed by atoms with E-state index in [4.69, 9.17) is 15.7 Å². The number of carbonyl (C=O) groups is 1. The van der Waals surface area contributed by atoms with Gasteiger partial charge in [-0.05, 0) is 37.6 Å². The first-order valence-electron chi connectivity index (χ1n) is 9.30. The Morgan fingerprint density at radius 3 is 2.62 bits per heavy atom. The predicted molar refractivity (Wildman–Crippen MR) is 111 cm³/mol. The van der Waals surface area contributed by atoms with Crippen molar-refractivity contribution in [2.45, 2.75) is 26.4 Å². The number of anilines is 1. The molecule has 0 aliphatic heterocycles. The average molecular weight is 387 g/mol. The van der Waals surface area contributed by atoms with Gasteiger partial charge < -0.3 is 15.6 Å².